The van der Waals surface area contributed by atoms with E-state index in [0.29, 0.717) is 6.07 Å². The average Bonchev–Trinajstić information content (AvgIpc) is 2.57. The van der Waals surface area contributed by atoms with Crippen LogP contribution in [0.25, 0.3) is 0 Å². The lowest BCUT2D eigenvalue weighted by atomic mass is 10.2. The van der Waals surface area contributed by atoms with Crippen LogP contribution in [-0.2, 0) is 9.53 Å². The second-order valence-corrected chi connectivity index (χ2v) is 5.40. The number of halogens is 4. The molecular formula is C16H12ClF3N2O3. The molecule has 0 radical (unpaired) electrons. The molecule has 0 aromatic heterocycles. The molecule has 1 amide bonds. The van der Waals surface area contributed by atoms with Crippen molar-refractivity contribution in [1.82, 2.24) is 0 Å². The fraction of sp³-hybridized carbons (Fsp3) is 0.125. The molecular weight excluding hydrogens is 361 g/mol. The van der Waals surface area contributed by atoms with Gasteiger partial charge in [-0.15, -0.1) is 0 Å². The van der Waals surface area contributed by atoms with Crippen LogP contribution in [0.3, 0.4) is 0 Å². The lowest BCUT2D eigenvalue weighted by Crippen LogP contribution is -2.30. The van der Waals surface area contributed by atoms with Gasteiger partial charge in [0.1, 0.15) is 0 Å². The van der Waals surface area contributed by atoms with Crippen molar-refractivity contribution in [3.63, 3.8) is 0 Å². The molecule has 0 aliphatic rings. The molecule has 0 fully saturated rings. The third-order valence-corrected chi connectivity index (χ3v) is 3.52. The van der Waals surface area contributed by atoms with Crippen molar-refractivity contribution >= 4 is 34.9 Å². The zero-order chi connectivity index (χ0) is 18.7. The smallest absolute Gasteiger partial charge is 0.338 e. The normalized spacial score (nSPS) is 11.7. The van der Waals surface area contributed by atoms with E-state index in [9.17, 15) is 22.8 Å². The summed E-state index contributed by atoms with van der Waals surface area (Å²) in [4.78, 5) is 23.9. The molecule has 1 atom stereocenters. The number of ether oxygens (including phenoxy) is 1. The van der Waals surface area contributed by atoms with Crippen LogP contribution in [0.1, 0.15) is 17.3 Å². The summed E-state index contributed by atoms with van der Waals surface area (Å²) < 4.78 is 44.4. The molecule has 0 heterocycles. The van der Waals surface area contributed by atoms with Gasteiger partial charge in [0.15, 0.2) is 23.6 Å². The monoisotopic (exact) mass is 372 g/mol. The van der Waals surface area contributed by atoms with Crippen LogP contribution in [0, 0.1) is 17.5 Å². The van der Waals surface area contributed by atoms with Crippen molar-refractivity contribution in [2.24, 2.45) is 0 Å². The van der Waals surface area contributed by atoms with E-state index < -0.39 is 41.1 Å². The van der Waals surface area contributed by atoms with E-state index in [1.165, 1.54) is 25.1 Å². The number of hydrogen-bond acceptors (Lipinski definition) is 4. The molecule has 0 bridgehead atoms. The van der Waals surface area contributed by atoms with Crippen molar-refractivity contribution in [3.8, 4) is 0 Å². The summed E-state index contributed by atoms with van der Waals surface area (Å²) >= 11 is 5.74. The van der Waals surface area contributed by atoms with E-state index in [1.54, 1.807) is 0 Å². The van der Waals surface area contributed by atoms with Crippen molar-refractivity contribution in [2.45, 2.75) is 13.0 Å². The van der Waals surface area contributed by atoms with E-state index in [2.05, 4.69) is 0 Å². The Morgan fingerprint density at radius 1 is 1.16 bits per heavy atom. The maximum atomic E-state index is 13.5. The van der Waals surface area contributed by atoms with Crippen LogP contribution in [-0.4, -0.2) is 18.0 Å². The summed E-state index contributed by atoms with van der Waals surface area (Å²) in [7, 11) is 0. The van der Waals surface area contributed by atoms with Crippen molar-refractivity contribution < 1.29 is 27.5 Å². The molecule has 0 saturated heterocycles. The van der Waals surface area contributed by atoms with E-state index >= 15 is 0 Å². The predicted octanol–water partition coefficient (Wildman–Crippen LogP) is 3.52. The highest BCUT2D eigenvalue weighted by Crippen LogP contribution is 2.21. The Hall–Kier alpha value is -2.74. The van der Waals surface area contributed by atoms with Gasteiger partial charge in [-0.05, 0) is 37.3 Å². The number of rotatable bonds is 4. The highest BCUT2D eigenvalue weighted by atomic mass is 35.5. The second-order valence-electron chi connectivity index (χ2n) is 5.00. The Balaban J connectivity index is 2.06. The summed E-state index contributed by atoms with van der Waals surface area (Å²) in [6.07, 6.45) is -1.34. The fourth-order valence-electron chi connectivity index (χ4n) is 1.81. The minimum Gasteiger partial charge on any atom is -0.449 e. The zero-order valence-electron chi connectivity index (χ0n) is 12.8. The summed E-state index contributed by atoms with van der Waals surface area (Å²) in [6, 6.07) is 5.50. The number of anilines is 2. The van der Waals surface area contributed by atoms with Gasteiger partial charge in [0.2, 0.25) is 0 Å². The first-order valence-corrected chi connectivity index (χ1v) is 7.29. The molecule has 0 aliphatic carbocycles. The van der Waals surface area contributed by atoms with Crippen molar-refractivity contribution in [2.75, 3.05) is 11.1 Å². The van der Waals surface area contributed by atoms with Gasteiger partial charge in [0.25, 0.3) is 5.91 Å². The van der Waals surface area contributed by atoms with Crippen LogP contribution in [0.4, 0.5) is 24.5 Å². The van der Waals surface area contributed by atoms with Crippen LogP contribution < -0.4 is 11.1 Å². The number of carbonyl (C=O) groups excluding carboxylic acids is 2. The van der Waals surface area contributed by atoms with Crippen molar-refractivity contribution in [3.05, 3.63) is 58.4 Å². The summed E-state index contributed by atoms with van der Waals surface area (Å²) in [5.41, 5.74) is 5.19. The highest BCUT2D eigenvalue weighted by molar-refractivity contribution is 6.33. The summed E-state index contributed by atoms with van der Waals surface area (Å²) in [6.45, 7) is 1.23. The molecule has 2 rings (SSSR count). The number of nitrogen functional groups attached to an aromatic ring is 1. The molecule has 25 heavy (non-hydrogen) atoms. The first-order chi connectivity index (χ1) is 11.7. The number of amides is 1. The quantitative estimate of drug-likeness (QED) is 0.489. The Morgan fingerprint density at radius 3 is 2.48 bits per heavy atom. The number of benzene rings is 2. The second kappa shape index (κ2) is 7.43. The third-order valence-electron chi connectivity index (χ3n) is 3.18. The zero-order valence-corrected chi connectivity index (χ0v) is 13.5. The Bertz CT molecular complexity index is 846. The fourth-order valence-corrected chi connectivity index (χ4v) is 1.93. The molecule has 3 N–H and O–H groups in total. The van der Waals surface area contributed by atoms with Crippen molar-refractivity contribution in [1.29, 1.82) is 0 Å². The molecule has 5 nitrogen and oxygen atoms in total. The lowest BCUT2D eigenvalue weighted by molar-refractivity contribution is -0.123. The van der Waals surface area contributed by atoms with Gasteiger partial charge < -0.3 is 15.8 Å². The van der Waals surface area contributed by atoms with Crippen LogP contribution >= 0.6 is 11.6 Å². The van der Waals surface area contributed by atoms with E-state index in [0.717, 1.165) is 6.07 Å². The van der Waals surface area contributed by atoms with E-state index in [1.807, 2.05) is 5.32 Å². The Labute approximate surface area is 145 Å². The summed E-state index contributed by atoms with van der Waals surface area (Å²) in [5.74, 6) is -6.47. The molecule has 2 aromatic rings. The molecule has 0 aliphatic heterocycles. The van der Waals surface area contributed by atoms with E-state index in [4.69, 9.17) is 22.1 Å². The Kier molecular flexibility index (Phi) is 5.53. The first kappa shape index (κ1) is 18.6. The predicted molar refractivity (Wildman–Crippen MR) is 85.7 cm³/mol. The topological polar surface area (TPSA) is 81.4 Å². The minimum absolute atomic E-state index is 0.0561. The molecule has 2 aromatic carbocycles. The van der Waals surface area contributed by atoms with Gasteiger partial charge >= 0.3 is 5.97 Å². The maximum absolute atomic E-state index is 13.5. The lowest BCUT2D eigenvalue weighted by Gasteiger charge is -2.14. The maximum Gasteiger partial charge on any atom is 0.338 e. The first-order valence-electron chi connectivity index (χ1n) is 6.91. The molecule has 9 heteroatoms. The van der Waals surface area contributed by atoms with Crippen LogP contribution in [0.2, 0.25) is 5.02 Å². The van der Waals surface area contributed by atoms with Gasteiger partial charge in [0, 0.05) is 0 Å². The number of nitrogens with one attached hydrogen (secondary N) is 1. The van der Waals surface area contributed by atoms with Gasteiger partial charge in [-0.1, -0.05) is 11.6 Å². The molecule has 132 valence electrons. The Morgan fingerprint density at radius 2 is 1.84 bits per heavy atom. The van der Waals surface area contributed by atoms with Crippen LogP contribution in [0.15, 0.2) is 30.3 Å². The van der Waals surface area contributed by atoms with Crippen LogP contribution in [0.5, 0.6) is 0 Å². The minimum atomic E-state index is -1.72. The molecule has 0 saturated carbocycles. The van der Waals surface area contributed by atoms with Gasteiger partial charge in [-0.2, -0.15) is 0 Å². The number of nitrogens with two attached hydrogens (primary N) is 1. The average molecular weight is 373 g/mol. The van der Waals surface area contributed by atoms with E-state index in [-0.39, 0.29) is 16.3 Å². The number of esters is 1. The van der Waals surface area contributed by atoms with Gasteiger partial charge in [-0.25, -0.2) is 18.0 Å². The standard InChI is InChI=1S/C16H12ClF3N2O3/c1-7(25-16(24)8-2-3-9(17)11(21)6-8)15(23)22-12-5-4-10(18)13(19)14(12)20/h2-7H,21H2,1H3,(H,22,23)/t7-/m0/s1. The van der Waals surface area contributed by atoms with Gasteiger partial charge in [0.05, 0.1) is 22.0 Å². The molecule has 0 unspecified atom stereocenters. The molecule has 0 spiro atoms. The largest absolute Gasteiger partial charge is 0.449 e. The van der Waals surface area contributed by atoms with Gasteiger partial charge in [-0.3, -0.25) is 4.79 Å². The highest BCUT2D eigenvalue weighted by Gasteiger charge is 2.22. The summed E-state index contributed by atoms with van der Waals surface area (Å²) in [5, 5.41) is 2.26. The number of carbonyl (C=O) groups is 2. The number of hydrogen-bond donors (Lipinski definition) is 2. The SMILES string of the molecule is C[C@H](OC(=O)c1ccc(Cl)c(N)c1)C(=O)Nc1ccc(F)c(F)c1F. The third kappa shape index (κ3) is 4.21.